The van der Waals surface area contributed by atoms with Crippen LogP contribution in [-0.4, -0.2) is 11.6 Å². The second-order valence-corrected chi connectivity index (χ2v) is 5.50. The van der Waals surface area contributed by atoms with Gasteiger partial charge in [0.05, 0.1) is 5.56 Å². The lowest BCUT2D eigenvalue weighted by molar-refractivity contribution is 0.00639. The highest BCUT2D eigenvalue weighted by atomic mass is 79.9. The fraction of sp³-hybridized carbons (Fsp3) is 0.417. The van der Waals surface area contributed by atoms with E-state index >= 15 is 0 Å². The van der Waals surface area contributed by atoms with Crippen molar-refractivity contribution in [1.82, 2.24) is 0 Å². The molecule has 0 amide bonds. The summed E-state index contributed by atoms with van der Waals surface area (Å²) < 4.78 is 19.3. The van der Waals surface area contributed by atoms with E-state index in [2.05, 4.69) is 15.9 Å². The third kappa shape index (κ3) is 3.30. The van der Waals surface area contributed by atoms with Crippen molar-refractivity contribution in [2.75, 3.05) is 0 Å². The standard InChI is InChI=1S/C12H14BrFO2/c1-7-5-8(13)6-9(14)10(7)11(15)16-12(2,3)4/h5-6H,1-4H3. The van der Waals surface area contributed by atoms with Crippen LogP contribution in [0.3, 0.4) is 0 Å². The summed E-state index contributed by atoms with van der Waals surface area (Å²) in [6, 6.07) is 2.94. The second-order valence-electron chi connectivity index (χ2n) is 4.58. The number of ether oxygens (including phenoxy) is 1. The molecule has 0 aromatic heterocycles. The summed E-state index contributed by atoms with van der Waals surface area (Å²) in [4.78, 5) is 11.7. The van der Waals surface area contributed by atoms with Crippen molar-refractivity contribution < 1.29 is 13.9 Å². The summed E-state index contributed by atoms with van der Waals surface area (Å²) in [7, 11) is 0. The van der Waals surface area contributed by atoms with Gasteiger partial charge in [-0.25, -0.2) is 9.18 Å². The Labute approximate surface area is 103 Å². The van der Waals surface area contributed by atoms with E-state index in [-0.39, 0.29) is 5.56 Å². The van der Waals surface area contributed by atoms with Crippen LogP contribution >= 0.6 is 15.9 Å². The van der Waals surface area contributed by atoms with Gasteiger partial charge in [0.15, 0.2) is 0 Å². The number of rotatable bonds is 1. The molecule has 0 N–H and O–H groups in total. The van der Waals surface area contributed by atoms with E-state index < -0.39 is 17.4 Å². The minimum atomic E-state index is -0.630. The predicted octanol–water partition coefficient (Wildman–Crippen LogP) is 3.85. The average Bonchev–Trinajstić information content (AvgIpc) is 1.96. The maximum absolute atomic E-state index is 13.6. The molecule has 0 aliphatic rings. The highest BCUT2D eigenvalue weighted by Crippen LogP contribution is 2.22. The zero-order valence-corrected chi connectivity index (χ0v) is 11.3. The van der Waals surface area contributed by atoms with E-state index in [9.17, 15) is 9.18 Å². The number of aryl methyl sites for hydroxylation is 1. The van der Waals surface area contributed by atoms with Crippen LogP contribution in [0.2, 0.25) is 0 Å². The average molecular weight is 289 g/mol. The van der Waals surface area contributed by atoms with Crippen molar-refractivity contribution in [1.29, 1.82) is 0 Å². The number of esters is 1. The van der Waals surface area contributed by atoms with Crippen LogP contribution in [0.4, 0.5) is 4.39 Å². The van der Waals surface area contributed by atoms with Crippen LogP contribution in [0.5, 0.6) is 0 Å². The number of carbonyl (C=O) groups excluding carboxylic acids is 1. The Morgan fingerprint density at radius 1 is 1.38 bits per heavy atom. The molecule has 0 saturated heterocycles. The molecule has 0 radical (unpaired) electrons. The van der Waals surface area contributed by atoms with Gasteiger partial charge in [0.2, 0.25) is 0 Å². The predicted molar refractivity (Wildman–Crippen MR) is 64.0 cm³/mol. The molecule has 1 rings (SSSR count). The minimum absolute atomic E-state index is 0.00174. The summed E-state index contributed by atoms with van der Waals surface area (Å²) in [5.41, 5.74) is -0.0671. The van der Waals surface area contributed by atoms with Crippen LogP contribution in [-0.2, 0) is 4.74 Å². The molecule has 0 heterocycles. The van der Waals surface area contributed by atoms with Crippen LogP contribution in [0.25, 0.3) is 0 Å². The zero-order valence-electron chi connectivity index (χ0n) is 9.73. The van der Waals surface area contributed by atoms with E-state index in [0.717, 1.165) is 0 Å². The van der Waals surface area contributed by atoms with Gasteiger partial charge in [0.25, 0.3) is 0 Å². The second kappa shape index (κ2) is 4.53. The number of benzene rings is 1. The van der Waals surface area contributed by atoms with Gasteiger partial charge in [-0.05, 0) is 45.4 Å². The Kier molecular flexibility index (Phi) is 3.73. The maximum Gasteiger partial charge on any atom is 0.341 e. The van der Waals surface area contributed by atoms with Crippen molar-refractivity contribution in [3.05, 3.63) is 33.5 Å². The Hall–Kier alpha value is -0.900. The van der Waals surface area contributed by atoms with Crippen LogP contribution in [0.1, 0.15) is 36.7 Å². The van der Waals surface area contributed by atoms with Gasteiger partial charge < -0.3 is 4.74 Å². The molecule has 0 aliphatic carbocycles. The monoisotopic (exact) mass is 288 g/mol. The maximum atomic E-state index is 13.6. The van der Waals surface area contributed by atoms with Crippen molar-refractivity contribution in [2.45, 2.75) is 33.3 Å². The molecule has 0 saturated carbocycles. The Bertz CT molecular complexity index is 399. The first kappa shape index (κ1) is 13.2. The molecule has 4 heteroatoms. The lowest BCUT2D eigenvalue weighted by Crippen LogP contribution is -2.25. The molecule has 0 spiro atoms. The molecular weight excluding hydrogens is 275 g/mol. The molecule has 1 aromatic carbocycles. The van der Waals surface area contributed by atoms with E-state index in [1.165, 1.54) is 6.07 Å². The number of carbonyl (C=O) groups is 1. The molecule has 16 heavy (non-hydrogen) atoms. The summed E-state index contributed by atoms with van der Waals surface area (Å²) >= 11 is 3.17. The van der Waals surface area contributed by atoms with Gasteiger partial charge in [-0.2, -0.15) is 0 Å². The van der Waals surface area contributed by atoms with Crippen molar-refractivity contribution >= 4 is 21.9 Å². The molecule has 0 unspecified atom stereocenters. The van der Waals surface area contributed by atoms with Gasteiger partial charge >= 0.3 is 5.97 Å². The Balaban J connectivity index is 3.10. The lowest BCUT2D eigenvalue weighted by atomic mass is 10.1. The highest BCUT2D eigenvalue weighted by Gasteiger charge is 2.22. The molecule has 0 bridgehead atoms. The van der Waals surface area contributed by atoms with E-state index in [4.69, 9.17) is 4.74 Å². The summed E-state index contributed by atoms with van der Waals surface area (Å²) in [6.45, 7) is 6.91. The zero-order chi connectivity index (χ0) is 12.5. The van der Waals surface area contributed by atoms with E-state index in [1.54, 1.807) is 33.8 Å². The minimum Gasteiger partial charge on any atom is -0.456 e. The van der Waals surface area contributed by atoms with Gasteiger partial charge in [-0.3, -0.25) is 0 Å². The first-order valence-corrected chi connectivity index (χ1v) is 5.69. The lowest BCUT2D eigenvalue weighted by Gasteiger charge is -2.20. The van der Waals surface area contributed by atoms with Gasteiger partial charge in [0.1, 0.15) is 11.4 Å². The molecule has 0 fully saturated rings. The highest BCUT2D eigenvalue weighted by molar-refractivity contribution is 9.10. The molecule has 2 nitrogen and oxygen atoms in total. The smallest absolute Gasteiger partial charge is 0.341 e. The topological polar surface area (TPSA) is 26.3 Å². The summed E-state index contributed by atoms with van der Waals surface area (Å²) in [6.07, 6.45) is 0. The molecule has 0 aliphatic heterocycles. The normalized spacial score (nSPS) is 11.4. The fourth-order valence-corrected chi connectivity index (χ4v) is 1.83. The van der Waals surface area contributed by atoms with E-state index in [1.807, 2.05) is 0 Å². The van der Waals surface area contributed by atoms with Crippen LogP contribution in [0.15, 0.2) is 16.6 Å². The first-order chi connectivity index (χ1) is 7.20. The summed E-state index contributed by atoms with van der Waals surface area (Å²) in [5.74, 6) is -1.20. The van der Waals surface area contributed by atoms with E-state index in [0.29, 0.717) is 10.0 Å². The molecule has 0 atom stereocenters. The molecular formula is C12H14BrFO2. The summed E-state index contributed by atoms with van der Waals surface area (Å²) in [5, 5.41) is 0. The Morgan fingerprint density at radius 3 is 2.38 bits per heavy atom. The Morgan fingerprint density at radius 2 is 1.94 bits per heavy atom. The van der Waals surface area contributed by atoms with Crippen LogP contribution < -0.4 is 0 Å². The third-order valence-electron chi connectivity index (χ3n) is 1.86. The number of hydrogen-bond donors (Lipinski definition) is 0. The van der Waals surface area contributed by atoms with Crippen LogP contribution in [0, 0.1) is 12.7 Å². The fourth-order valence-electron chi connectivity index (χ4n) is 1.29. The van der Waals surface area contributed by atoms with Gasteiger partial charge in [-0.1, -0.05) is 15.9 Å². The quantitative estimate of drug-likeness (QED) is 0.734. The number of halogens is 2. The van der Waals surface area contributed by atoms with Crippen molar-refractivity contribution in [3.8, 4) is 0 Å². The SMILES string of the molecule is Cc1cc(Br)cc(F)c1C(=O)OC(C)(C)C. The first-order valence-electron chi connectivity index (χ1n) is 4.90. The van der Waals surface area contributed by atoms with Crippen molar-refractivity contribution in [3.63, 3.8) is 0 Å². The third-order valence-corrected chi connectivity index (χ3v) is 2.31. The van der Waals surface area contributed by atoms with Crippen molar-refractivity contribution in [2.24, 2.45) is 0 Å². The van der Waals surface area contributed by atoms with Gasteiger partial charge in [-0.15, -0.1) is 0 Å². The molecule has 88 valence electrons. The van der Waals surface area contributed by atoms with Gasteiger partial charge in [0, 0.05) is 4.47 Å². The largest absolute Gasteiger partial charge is 0.456 e. The molecule has 1 aromatic rings. The number of hydrogen-bond acceptors (Lipinski definition) is 2.